The Morgan fingerprint density at radius 2 is 2.14 bits per heavy atom. The molecule has 1 aromatic rings. The Kier molecular flexibility index (Phi) is 4.81. The van der Waals surface area contributed by atoms with Gasteiger partial charge in [-0.25, -0.2) is 0 Å². The van der Waals surface area contributed by atoms with Gasteiger partial charge in [-0.2, -0.15) is 0 Å². The van der Waals surface area contributed by atoms with Gasteiger partial charge < -0.3 is 4.74 Å². The van der Waals surface area contributed by atoms with Gasteiger partial charge in [-0.15, -0.1) is 0 Å². The normalized spacial score (nSPS) is 29.7. The largest absolute Gasteiger partial charge is 0.493 e. The average Bonchev–Trinajstić information content (AvgIpc) is 3.01. The van der Waals surface area contributed by atoms with Crippen LogP contribution >= 0.6 is 0 Å². The molecule has 3 heteroatoms. The van der Waals surface area contributed by atoms with Gasteiger partial charge in [-0.05, 0) is 55.1 Å². The third-order valence-electron chi connectivity index (χ3n) is 5.56. The van der Waals surface area contributed by atoms with Gasteiger partial charge in [-0.3, -0.25) is 11.3 Å². The van der Waals surface area contributed by atoms with E-state index in [1.165, 1.54) is 31.2 Å². The number of hydrazine groups is 1. The quantitative estimate of drug-likeness (QED) is 0.643. The van der Waals surface area contributed by atoms with Crippen LogP contribution in [0.4, 0.5) is 0 Å². The van der Waals surface area contributed by atoms with E-state index in [1.54, 1.807) is 0 Å². The van der Waals surface area contributed by atoms with Crippen molar-refractivity contribution in [2.24, 2.45) is 17.7 Å². The maximum atomic E-state index is 5.90. The Morgan fingerprint density at radius 1 is 1.29 bits per heavy atom. The van der Waals surface area contributed by atoms with E-state index in [-0.39, 0.29) is 0 Å². The Hall–Kier alpha value is -1.06. The van der Waals surface area contributed by atoms with Gasteiger partial charge in [0.25, 0.3) is 0 Å². The Labute approximate surface area is 128 Å². The first-order valence-corrected chi connectivity index (χ1v) is 8.49. The zero-order chi connectivity index (χ0) is 14.7. The fraction of sp³-hybridized carbons (Fsp3) is 0.667. The Bertz CT molecular complexity index is 462. The van der Waals surface area contributed by atoms with Crippen molar-refractivity contribution in [3.63, 3.8) is 0 Å². The van der Waals surface area contributed by atoms with Crippen molar-refractivity contribution >= 4 is 0 Å². The molecule has 1 aromatic carbocycles. The van der Waals surface area contributed by atoms with Gasteiger partial charge in [0.2, 0.25) is 0 Å². The second-order valence-electron chi connectivity index (χ2n) is 6.73. The number of para-hydroxylation sites is 1. The van der Waals surface area contributed by atoms with Crippen molar-refractivity contribution in [3.05, 3.63) is 29.8 Å². The minimum absolute atomic E-state index is 0.442. The molecular formula is C18H28N2O. The van der Waals surface area contributed by atoms with Crippen molar-refractivity contribution in [2.45, 2.75) is 57.4 Å². The van der Waals surface area contributed by atoms with Crippen LogP contribution in [0.5, 0.6) is 5.75 Å². The van der Waals surface area contributed by atoms with Crippen LogP contribution in [0.3, 0.4) is 0 Å². The smallest absolute Gasteiger partial charge is 0.122 e. The van der Waals surface area contributed by atoms with Gasteiger partial charge in [0.05, 0.1) is 6.61 Å². The first kappa shape index (κ1) is 14.9. The monoisotopic (exact) mass is 288 g/mol. The van der Waals surface area contributed by atoms with E-state index >= 15 is 0 Å². The predicted molar refractivity (Wildman–Crippen MR) is 86.1 cm³/mol. The van der Waals surface area contributed by atoms with E-state index in [0.29, 0.717) is 12.0 Å². The molecular weight excluding hydrogens is 260 g/mol. The molecule has 0 spiro atoms. The zero-order valence-corrected chi connectivity index (χ0v) is 13.1. The van der Waals surface area contributed by atoms with Crippen molar-refractivity contribution in [2.75, 3.05) is 6.61 Å². The highest BCUT2D eigenvalue weighted by Crippen LogP contribution is 2.41. The van der Waals surface area contributed by atoms with Crippen LogP contribution in [-0.2, 0) is 0 Å². The fourth-order valence-electron chi connectivity index (χ4n) is 4.21. The van der Waals surface area contributed by atoms with Gasteiger partial charge in [0.15, 0.2) is 0 Å². The van der Waals surface area contributed by atoms with Gasteiger partial charge in [-0.1, -0.05) is 38.0 Å². The summed E-state index contributed by atoms with van der Waals surface area (Å²) >= 11 is 0. The van der Waals surface area contributed by atoms with Crippen LogP contribution in [0.2, 0.25) is 0 Å². The summed E-state index contributed by atoms with van der Waals surface area (Å²) in [6, 6.07) is 8.93. The lowest BCUT2D eigenvalue weighted by Gasteiger charge is -2.31. The van der Waals surface area contributed by atoms with Crippen LogP contribution < -0.4 is 16.0 Å². The topological polar surface area (TPSA) is 47.3 Å². The molecule has 1 aliphatic heterocycles. The molecule has 4 unspecified atom stereocenters. The molecule has 4 atom stereocenters. The number of hydrogen-bond acceptors (Lipinski definition) is 3. The minimum atomic E-state index is 0.442. The van der Waals surface area contributed by atoms with E-state index in [1.807, 2.05) is 0 Å². The molecule has 0 bridgehead atoms. The number of ether oxygens (including phenoxy) is 1. The highest BCUT2D eigenvalue weighted by Gasteiger charge is 2.32. The van der Waals surface area contributed by atoms with E-state index in [4.69, 9.17) is 10.6 Å². The van der Waals surface area contributed by atoms with E-state index in [0.717, 1.165) is 37.0 Å². The van der Waals surface area contributed by atoms with Crippen LogP contribution in [0.1, 0.15) is 56.9 Å². The zero-order valence-electron chi connectivity index (χ0n) is 13.1. The van der Waals surface area contributed by atoms with Crippen LogP contribution in [-0.4, -0.2) is 12.6 Å². The van der Waals surface area contributed by atoms with Crippen LogP contribution in [0.25, 0.3) is 0 Å². The van der Waals surface area contributed by atoms with Crippen LogP contribution in [0.15, 0.2) is 24.3 Å². The molecule has 21 heavy (non-hydrogen) atoms. The molecule has 116 valence electrons. The maximum absolute atomic E-state index is 5.90. The van der Waals surface area contributed by atoms with Gasteiger partial charge in [0.1, 0.15) is 5.75 Å². The molecule has 3 rings (SSSR count). The molecule has 1 fully saturated rings. The molecule has 0 amide bonds. The summed E-state index contributed by atoms with van der Waals surface area (Å²) < 4.78 is 5.78. The summed E-state index contributed by atoms with van der Waals surface area (Å²) in [5, 5.41) is 0. The standard InChI is InChI=1S/C18H28N2O/c1-2-13-7-8-15(11-13)17(20-19)12-14-9-10-21-18-6-4-3-5-16(14)18/h3-6,13-15,17,20H,2,7-12,19H2,1H3. The van der Waals surface area contributed by atoms with Gasteiger partial charge in [0, 0.05) is 6.04 Å². The first-order valence-electron chi connectivity index (χ1n) is 8.49. The van der Waals surface area contributed by atoms with E-state index in [2.05, 4.69) is 36.6 Å². The highest BCUT2D eigenvalue weighted by atomic mass is 16.5. The average molecular weight is 288 g/mol. The summed E-state index contributed by atoms with van der Waals surface area (Å²) in [5.41, 5.74) is 4.50. The SMILES string of the molecule is CCC1CCC(C(CC2CCOc3ccccc32)NN)C1. The molecule has 1 aliphatic carbocycles. The highest BCUT2D eigenvalue weighted by molar-refractivity contribution is 5.37. The summed E-state index contributed by atoms with van der Waals surface area (Å²) in [4.78, 5) is 0. The van der Waals surface area contributed by atoms with Crippen molar-refractivity contribution in [1.82, 2.24) is 5.43 Å². The van der Waals surface area contributed by atoms with Gasteiger partial charge >= 0.3 is 0 Å². The number of fused-ring (bicyclic) bond motifs is 1. The second-order valence-corrected chi connectivity index (χ2v) is 6.73. The summed E-state index contributed by atoms with van der Waals surface area (Å²) in [7, 11) is 0. The molecule has 0 aromatic heterocycles. The summed E-state index contributed by atoms with van der Waals surface area (Å²) in [5.74, 6) is 9.20. The van der Waals surface area contributed by atoms with Crippen LogP contribution in [0, 0.1) is 11.8 Å². The lowest BCUT2D eigenvalue weighted by atomic mass is 9.83. The van der Waals surface area contributed by atoms with Crippen molar-refractivity contribution < 1.29 is 4.74 Å². The molecule has 1 heterocycles. The number of nitrogens with one attached hydrogen (secondary N) is 1. The maximum Gasteiger partial charge on any atom is 0.122 e. The third-order valence-corrected chi connectivity index (χ3v) is 5.56. The predicted octanol–water partition coefficient (Wildman–Crippen LogP) is 3.60. The number of rotatable bonds is 5. The Balaban J connectivity index is 1.68. The van der Waals surface area contributed by atoms with E-state index in [9.17, 15) is 0 Å². The molecule has 0 saturated heterocycles. The number of benzene rings is 1. The molecule has 1 saturated carbocycles. The summed E-state index contributed by atoms with van der Waals surface area (Å²) in [6.45, 7) is 3.15. The van der Waals surface area contributed by atoms with E-state index < -0.39 is 0 Å². The lowest BCUT2D eigenvalue weighted by Crippen LogP contribution is -2.41. The third kappa shape index (κ3) is 3.24. The molecule has 3 N–H and O–H groups in total. The number of nitrogens with two attached hydrogens (primary N) is 1. The second kappa shape index (κ2) is 6.80. The summed E-state index contributed by atoms with van der Waals surface area (Å²) in [6.07, 6.45) is 7.61. The first-order chi connectivity index (χ1) is 10.3. The Morgan fingerprint density at radius 3 is 2.90 bits per heavy atom. The van der Waals surface area contributed by atoms with Crippen molar-refractivity contribution in [3.8, 4) is 5.75 Å². The lowest BCUT2D eigenvalue weighted by molar-refractivity contribution is 0.239. The van der Waals surface area contributed by atoms with Crippen molar-refractivity contribution in [1.29, 1.82) is 0 Å². The number of hydrogen-bond donors (Lipinski definition) is 2. The molecule has 2 aliphatic rings. The fourth-order valence-corrected chi connectivity index (χ4v) is 4.21. The molecule has 0 radical (unpaired) electrons. The molecule has 3 nitrogen and oxygen atoms in total. The minimum Gasteiger partial charge on any atom is -0.493 e.